The molecule has 0 saturated heterocycles. The standard InChI is InChI=1S/C5H12.BH2O2/c1-3-5-4-2;2-1-3/h3-5H2,1-2H3;2-3H. The molecule has 1 radical (unpaired) electrons. The summed E-state index contributed by atoms with van der Waals surface area (Å²) in [6.45, 7) is 4.42. The molecule has 3 heteroatoms. The van der Waals surface area contributed by atoms with E-state index in [-0.39, 0.29) is 7.69 Å². The lowest BCUT2D eigenvalue weighted by Crippen LogP contribution is -1.75. The summed E-state index contributed by atoms with van der Waals surface area (Å²) >= 11 is 0. The van der Waals surface area contributed by atoms with Crippen LogP contribution in [0.5, 0.6) is 0 Å². The smallest absolute Gasteiger partial charge is 0.429 e. The minimum absolute atomic E-state index is 0. The molecule has 0 spiro atoms. The minimum atomic E-state index is 0. The Balaban J connectivity index is 0. The lowest BCUT2D eigenvalue weighted by atomic mass is 10.3. The predicted molar refractivity (Wildman–Crippen MR) is 35.4 cm³/mol. The monoisotopic (exact) mass is 117 g/mol. The lowest BCUT2D eigenvalue weighted by molar-refractivity contribution is 0.448. The molecule has 0 aliphatic rings. The summed E-state index contributed by atoms with van der Waals surface area (Å²) < 4.78 is 0. The number of hydrogen-bond acceptors (Lipinski definition) is 2. The van der Waals surface area contributed by atoms with Crippen molar-refractivity contribution in [3.05, 3.63) is 0 Å². The first kappa shape index (κ1) is 10.9. The van der Waals surface area contributed by atoms with E-state index in [0.29, 0.717) is 0 Å². The zero-order valence-electron chi connectivity index (χ0n) is 5.59. The van der Waals surface area contributed by atoms with E-state index in [1.165, 1.54) is 19.3 Å². The van der Waals surface area contributed by atoms with Crippen LogP contribution in [-0.2, 0) is 0 Å². The molecule has 2 N–H and O–H groups in total. The maximum absolute atomic E-state index is 7.00. The molecule has 0 aromatic rings. The highest BCUT2D eigenvalue weighted by atomic mass is 16.4. The van der Waals surface area contributed by atoms with E-state index in [2.05, 4.69) is 13.8 Å². The van der Waals surface area contributed by atoms with Crippen LogP contribution in [0.25, 0.3) is 0 Å². The van der Waals surface area contributed by atoms with E-state index in [4.69, 9.17) is 10.0 Å². The molecular formula is C5H14BO2. The third kappa shape index (κ3) is 37.7. The Kier molecular flexibility index (Phi) is 21.4. The van der Waals surface area contributed by atoms with E-state index in [0.717, 1.165) is 0 Å². The second-order valence-corrected chi connectivity index (χ2v) is 1.47. The molecule has 0 heterocycles. The molecule has 0 aliphatic carbocycles. The molecule has 0 aromatic carbocycles. The van der Waals surface area contributed by atoms with Gasteiger partial charge in [0.1, 0.15) is 0 Å². The van der Waals surface area contributed by atoms with Crippen LogP contribution in [0.3, 0.4) is 0 Å². The normalized spacial score (nSPS) is 7.00. The summed E-state index contributed by atoms with van der Waals surface area (Å²) in [6, 6.07) is 0. The summed E-state index contributed by atoms with van der Waals surface area (Å²) in [4.78, 5) is 0. The van der Waals surface area contributed by atoms with E-state index in [9.17, 15) is 0 Å². The van der Waals surface area contributed by atoms with Gasteiger partial charge in [0.15, 0.2) is 0 Å². The Hall–Kier alpha value is -0.0151. The molecule has 0 unspecified atom stereocenters. The Bertz CT molecular complexity index is 24.4. The molecule has 0 bridgehead atoms. The third-order valence-corrected chi connectivity index (χ3v) is 0.707. The fourth-order valence-electron chi connectivity index (χ4n) is 0.354. The highest BCUT2D eigenvalue weighted by molar-refractivity contribution is 6.13. The topological polar surface area (TPSA) is 40.5 Å². The van der Waals surface area contributed by atoms with E-state index < -0.39 is 0 Å². The largest absolute Gasteiger partial charge is 0.482 e. The third-order valence-electron chi connectivity index (χ3n) is 0.707. The van der Waals surface area contributed by atoms with Crippen LogP contribution in [0.1, 0.15) is 33.1 Å². The highest BCUT2D eigenvalue weighted by Gasteiger charge is 1.68. The van der Waals surface area contributed by atoms with Gasteiger partial charge in [0.05, 0.1) is 0 Å². The van der Waals surface area contributed by atoms with Gasteiger partial charge in [-0.05, 0) is 0 Å². The zero-order valence-corrected chi connectivity index (χ0v) is 5.59. The van der Waals surface area contributed by atoms with Gasteiger partial charge in [0.2, 0.25) is 0 Å². The minimum Gasteiger partial charge on any atom is -0.429 e. The van der Waals surface area contributed by atoms with Crippen molar-refractivity contribution in [3.8, 4) is 0 Å². The van der Waals surface area contributed by atoms with E-state index in [1.807, 2.05) is 0 Å². The molecule has 0 atom stereocenters. The van der Waals surface area contributed by atoms with Gasteiger partial charge in [-0.2, -0.15) is 0 Å². The quantitative estimate of drug-likeness (QED) is 0.522. The van der Waals surface area contributed by atoms with Crippen molar-refractivity contribution < 1.29 is 10.0 Å². The zero-order chi connectivity index (χ0) is 6.83. The first-order valence-electron chi connectivity index (χ1n) is 2.93. The van der Waals surface area contributed by atoms with Crippen LogP contribution in [-0.4, -0.2) is 17.7 Å². The predicted octanol–water partition coefficient (Wildman–Crippen LogP) is 0.702. The molecule has 0 aliphatic heterocycles. The molecule has 0 saturated carbocycles. The van der Waals surface area contributed by atoms with Gasteiger partial charge in [0, 0.05) is 0 Å². The Morgan fingerprint density at radius 3 is 1.38 bits per heavy atom. The van der Waals surface area contributed by atoms with Crippen LogP contribution >= 0.6 is 0 Å². The summed E-state index contributed by atoms with van der Waals surface area (Å²) in [6.07, 6.45) is 4.08. The van der Waals surface area contributed by atoms with Crippen molar-refractivity contribution >= 4 is 7.69 Å². The van der Waals surface area contributed by atoms with Gasteiger partial charge in [0.25, 0.3) is 0 Å². The molecule has 0 aromatic heterocycles. The first-order valence-corrected chi connectivity index (χ1v) is 2.93. The second kappa shape index (κ2) is 15.8. The van der Waals surface area contributed by atoms with Crippen molar-refractivity contribution in [2.24, 2.45) is 0 Å². The number of hydrogen-bond donors (Lipinski definition) is 2. The lowest BCUT2D eigenvalue weighted by Gasteiger charge is -1.79. The number of unbranched alkanes of at least 4 members (excludes halogenated alkanes) is 2. The van der Waals surface area contributed by atoms with Crippen LogP contribution < -0.4 is 0 Å². The van der Waals surface area contributed by atoms with Crippen LogP contribution in [0, 0.1) is 0 Å². The average Bonchev–Trinajstić information content (AvgIpc) is 1.71. The Morgan fingerprint density at radius 2 is 1.38 bits per heavy atom. The second-order valence-electron chi connectivity index (χ2n) is 1.47. The molecular weight excluding hydrogens is 103 g/mol. The van der Waals surface area contributed by atoms with E-state index in [1.54, 1.807) is 0 Å². The van der Waals surface area contributed by atoms with Gasteiger partial charge in [-0.25, -0.2) is 0 Å². The van der Waals surface area contributed by atoms with Gasteiger partial charge in [-0.1, -0.05) is 33.1 Å². The van der Waals surface area contributed by atoms with Crippen molar-refractivity contribution in [1.29, 1.82) is 0 Å². The SMILES string of the molecule is CCCCC.O[B]O. The van der Waals surface area contributed by atoms with Crippen LogP contribution in [0.2, 0.25) is 0 Å². The van der Waals surface area contributed by atoms with Gasteiger partial charge < -0.3 is 10.0 Å². The van der Waals surface area contributed by atoms with Crippen LogP contribution in [0.15, 0.2) is 0 Å². The molecule has 8 heavy (non-hydrogen) atoms. The van der Waals surface area contributed by atoms with Crippen LogP contribution in [0.4, 0.5) is 0 Å². The summed E-state index contributed by atoms with van der Waals surface area (Å²) in [5.74, 6) is 0. The van der Waals surface area contributed by atoms with E-state index >= 15 is 0 Å². The summed E-state index contributed by atoms with van der Waals surface area (Å²) in [7, 11) is 0. The van der Waals surface area contributed by atoms with Gasteiger partial charge in [-0.15, -0.1) is 0 Å². The Morgan fingerprint density at radius 1 is 1.12 bits per heavy atom. The molecule has 0 fully saturated rings. The van der Waals surface area contributed by atoms with Crippen molar-refractivity contribution in [2.45, 2.75) is 33.1 Å². The molecule has 0 amide bonds. The fourth-order valence-corrected chi connectivity index (χ4v) is 0.354. The van der Waals surface area contributed by atoms with Crippen molar-refractivity contribution in [3.63, 3.8) is 0 Å². The maximum atomic E-state index is 7.00. The Labute approximate surface area is 51.9 Å². The summed E-state index contributed by atoms with van der Waals surface area (Å²) in [5, 5.41) is 14.0. The molecule has 0 rings (SSSR count). The maximum Gasteiger partial charge on any atom is 0.482 e. The molecule has 2 nitrogen and oxygen atoms in total. The van der Waals surface area contributed by atoms with Crippen molar-refractivity contribution in [2.75, 3.05) is 0 Å². The fraction of sp³-hybridized carbons (Fsp3) is 1.00. The first-order chi connectivity index (χ1) is 3.83. The average molecular weight is 117 g/mol. The van der Waals surface area contributed by atoms with Crippen molar-refractivity contribution in [1.82, 2.24) is 0 Å². The summed E-state index contributed by atoms with van der Waals surface area (Å²) in [5.41, 5.74) is 0. The number of rotatable bonds is 2. The molecule has 49 valence electrons. The van der Waals surface area contributed by atoms with Gasteiger partial charge in [-0.3, -0.25) is 0 Å². The van der Waals surface area contributed by atoms with Gasteiger partial charge >= 0.3 is 7.69 Å². The highest BCUT2D eigenvalue weighted by Crippen LogP contribution is 1.88.